The number of hydrogen-bond donors (Lipinski definition) is 2. The number of hydrogen-bond acceptors (Lipinski definition) is 5. The molecule has 5 rings (SSSR count). The number of ether oxygens (including phenoxy) is 1. The fraction of sp³-hybridized carbons (Fsp3) is 0.500. The highest BCUT2D eigenvalue weighted by Gasteiger charge is 2.35. The second kappa shape index (κ2) is 9.63. The molecule has 2 aliphatic rings. The lowest BCUT2D eigenvalue weighted by molar-refractivity contribution is -0.0493. The second-order valence-corrected chi connectivity index (χ2v) is 9.09. The average molecular weight is 487 g/mol. The highest BCUT2D eigenvalue weighted by atomic mass is 19.3. The Hall–Kier alpha value is -3.50. The maximum atomic E-state index is 13.0. The Bertz CT molecular complexity index is 1280. The second-order valence-electron chi connectivity index (χ2n) is 9.09. The van der Waals surface area contributed by atoms with Crippen LogP contribution in [0.15, 0.2) is 29.1 Å². The van der Waals surface area contributed by atoms with E-state index < -0.39 is 12.6 Å². The van der Waals surface area contributed by atoms with Crippen molar-refractivity contribution in [3.63, 3.8) is 0 Å². The Morgan fingerprint density at radius 2 is 1.97 bits per heavy atom. The van der Waals surface area contributed by atoms with Gasteiger partial charge >= 0.3 is 12.6 Å². The molecule has 0 bridgehead atoms. The Kier molecular flexibility index (Phi) is 6.40. The van der Waals surface area contributed by atoms with Gasteiger partial charge < -0.3 is 19.9 Å². The molecule has 1 aliphatic heterocycles. The number of anilines is 1. The minimum atomic E-state index is -2.99. The molecule has 0 unspecified atom stereocenters. The zero-order valence-corrected chi connectivity index (χ0v) is 19.5. The van der Waals surface area contributed by atoms with Gasteiger partial charge in [0.2, 0.25) is 0 Å². The molecule has 35 heavy (non-hydrogen) atoms. The molecule has 2 fully saturated rings. The molecule has 11 heteroatoms. The van der Waals surface area contributed by atoms with Gasteiger partial charge in [0, 0.05) is 13.1 Å². The SMILES string of the molecule is CCc1nn(C2CCCCC2)c2nc(C3CN(C(=O)Nc4ccccc4OC(F)F)C3)[nH]c(=O)c12. The standard InChI is InChI=1S/C24H28F2N6O3/c1-2-16-19-21(32(30-16)15-8-4-3-5-9-15)28-20(29-22(19)33)14-12-31(13-14)24(34)27-17-10-6-7-11-18(17)35-23(25)26/h6-7,10-11,14-15,23H,2-5,8-9,12-13H2,1H3,(H,27,34)(H,28,29,33). The molecule has 1 saturated carbocycles. The van der Waals surface area contributed by atoms with Gasteiger partial charge in [-0.25, -0.2) is 14.5 Å². The van der Waals surface area contributed by atoms with Gasteiger partial charge in [-0.2, -0.15) is 13.9 Å². The molecule has 0 spiro atoms. The van der Waals surface area contributed by atoms with E-state index in [2.05, 4.69) is 15.0 Å². The molecule has 3 heterocycles. The third-order valence-electron chi connectivity index (χ3n) is 6.81. The molecule has 9 nitrogen and oxygen atoms in total. The molecule has 1 saturated heterocycles. The van der Waals surface area contributed by atoms with Gasteiger partial charge in [-0.1, -0.05) is 38.3 Å². The van der Waals surface area contributed by atoms with Crippen molar-refractivity contribution in [2.45, 2.75) is 64.0 Å². The summed E-state index contributed by atoms with van der Waals surface area (Å²) in [5.41, 5.74) is 1.33. The highest BCUT2D eigenvalue weighted by Crippen LogP contribution is 2.32. The number of para-hydroxylation sites is 2. The fourth-order valence-corrected chi connectivity index (χ4v) is 4.93. The topological polar surface area (TPSA) is 105 Å². The summed E-state index contributed by atoms with van der Waals surface area (Å²) in [5.74, 6) is 0.296. The van der Waals surface area contributed by atoms with Crippen molar-refractivity contribution in [1.29, 1.82) is 0 Å². The highest BCUT2D eigenvalue weighted by molar-refractivity contribution is 5.91. The first-order valence-electron chi connectivity index (χ1n) is 12.1. The van der Waals surface area contributed by atoms with E-state index in [1.165, 1.54) is 23.5 Å². The Balaban J connectivity index is 1.33. The Labute approximate surface area is 200 Å². The number of halogens is 2. The summed E-state index contributed by atoms with van der Waals surface area (Å²) in [5, 5.41) is 7.91. The van der Waals surface area contributed by atoms with Crippen molar-refractivity contribution in [2.24, 2.45) is 0 Å². The molecule has 1 aliphatic carbocycles. The first-order chi connectivity index (χ1) is 16.9. The molecule has 0 radical (unpaired) electrons. The maximum Gasteiger partial charge on any atom is 0.387 e. The van der Waals surface area contributed by atoms with Crippen molar-refractivity contribution < 1.29 is 18.3 Å². The van der Waals surface area contributed by atoms with Crippen molar-refractivity contribution >= 4 is 22.8 Å². The number of nitrogens with one attached hydrogen (secondary N) is 2. The number of benzene rings is 1. The van der Waals surface area contributed by atoms with Crippen LogP contribution in [0, 0.1) is 0 Å². The third kappa shape index (κ3) is 4.59. The van der Waals surface area contributed by atoms with Gasteiger partial charge in [-0.15, -0.1) is 0 Å². The minimum absolute atomic E-state index is 0.105. The number of aromatic amines is 1. The lowest BCUT2D eigenvalue weighted by atomic mass is 9.96. The molecule has 0 atom stereocenters. The third-order valence-corrected chi connectivity index (χ3v) is 6.81. The lowest BCUT2D eigenvalue weighted by Gasteiger charge is -2.38. The normalized spacial score (nSPS) is 17.1. The van der Waals surface area contributed by atoms with Crippen molar-refractivity contribution in [3.05, 3.63) is 46.1 Å². The van der Waals surface area contributed by atoms with Crippen molar-refractivity contribution in [1.82, 2.24) is 24.6 Å². The summed E-state index contributed by atoms with van der Waals surface area (Å²) in [7, 11) is 0. The van der Waals surface area contributed by atoms with Gasteiger partial charge in [0.25, 0.3) is 5.56 Å². The predicted octanol–water partition coefficient (Wildman–Crippen LogP) is 4.42. The molecule has 186 valence electrons. The van der Waals surface area contributed by atoms with Crippen molar-refractivity contribution in [2.75, 3.05) is 18.4 Å². The van der Waals surface area contributed by atoms with Gasteiger partial charge in [0.1, 0.15) is 17.0 Å². The van der Waals surface area contributed by atoms with E-state index in [-0.39, 0.29) is 29.0 Å². The van der Waals surface area contributed by atoms with E-state index in [9.17, 15) is 18.4 Å². The van der Waals surface area contributed by atoms with Gasteiger partial charge in [0.05, 0.1) is 23.3 Å². The van der Waals surface area contributed by atoms with E-state index >= 15 is 0 Å². The number of aromatic nitrogens is 4. The Morgan fingerprint density at radius 3 is 2.69 bits per heavy atom. The summed E-state index contributed by atoms with van der Waals surface area (Å²) in [6.07, 6.45) is 6.20. The summed E-state index contributed by atoms with van der Waals surface area (Å²) in [6.45, 7) is -0.325. The number of amides is 2. The average Bonchev–Trinajstić information content (AvgIpc) is 3.19. The lowest BCUT2D eigenvalue weighted by Crippen LogP contribution is -2.51. The number of urea groups is 1. The van der Waals surface area contributed by atoms with Gasteiger partial charge in [-0.05, 0) is 31.4 Å². The number of nitrogens with zero attached hydrogens (tertiary/aromatic N) is 4. The number of H-pyrrole nitrogens is 1. The molecular formula is C24H28F2N6O3. The predicted molar refractivity (Wildman–Crippen MR) is 126 cm³/mol. The maximum absolute atomic E-state index is 13.0. The van der Waals surface area contributed by atoms with Crippen LogP contribution in [-0.4, -0.2) is 50.4 Å². The number of carbonyl (C=O) groups excluding carboxylic acids is 1. The summed E-state index contributed by atoms with van der Waals surface area (Å²) < 4.78 is 31.7. The van der Waals surface area contributed by atoms with Crippen molar-refractivity contribution in [3.8, 4) is 5.75 Å². The number of alkyl halides is 2. The Morgan fingerprint density at radius 1 is 1.23 bits per heavy atom. The number of carbonyl (C=O) groups is 1. The summed E-state index contributed by atoms with van der Waals surface area (Å²) in [4.78, 5) is 34.9. The van der Waals surface area contributed by atoms with Crippen LogP contribution in [0.1, 0.15) is 62.5 Å². The quantitative estimate of drug-likeness (QED) is 0.537. The van der Waals surface area contributed by atoms with Crippen LogP contribution in [0.3, 0.4) is 0 Å². The molecular weight excluding hydrogens is 458 g/mol. The molecule has 3 aromatic rings. The molecule has 1 aromatic carbocycles. The summed E-state index contributed by atoms with van der Waals surface area (Å²) >= 11 is 0. The van der Waals surface area contributed by atoms with Crippen LogP contribution in [0.5, 0.6) is 5.75 Å². The largest absolute Gasteiger partial charge is 0.433 e. The number of aryl methyl sites for hydroxylation is 1. The van der Waals surface area contributed by atoms with Gasteiger partial charge in [-0.3, -0.25) is 4.79 Å². The van der Waals surface area contributed by atoms with Crippen LogP contribution in [0.2, 0.25) is 0 Å². The smallest absolute Gasteiger partial charge is 0.387 e. The fourth-order valence-electron chi connectivity index (χ4n) is 4.93. The first-order valence-corrected chi connectivity index (χ1v) is 12.1. The summed E-state index contributed by atoms with van der Waals surface area (Å²) in [6, 6.07) is 5.84. The van der Waals surface area contributed by atoms with Gasteiger partial charge in [0.15, 0.2) is 5.65 Å². The monoisotopic (exact) mass is 486 g/mol. The van der Waals surface area contributed by atoms with Crippen LogP contribution < -0.4 is 15.6 Å². The first kappa shape index (κ1) is 23.3. The molecule has 2 amide bonds. The minimum Gasteiger partial charge on any atom is -0.433 e. The van der Waals surface area contributed by atoms with Crippen LogP contribution in [0.25, 0.3) is 11.0 Å². The van der Waals surface area contributed by atoms with Crippen LogP contribution in [0.4, 0.5) is 19.3 Å². The number of rotatable bonds is 6. The number of likely N-dealkylation sites (tertiary alicyclic amines) is 1. The number of fused-ring (bicyclic) bond motifs is 1. The zero-order valence-electron chi connectivity index (χ0n) is 19.5. The molecule has 2 aromatic heterocycles. The van der Waals surface area contributed by atoms with Crippen LogP contribution in [-0.2, 0) is 6.42 Å². The van der Waals surface area contributed by atoms with E-state index in [1.807, 2.05) is 11.6 Å². The van der Waals surface area contributed by atoms with E-state index in [0.717, 1.165) is 31.4 Å². The van der Waals surface area contributed by atoms with E-state index in [4.69, 9.17) is 10.1 Å². The van der Waals surface area contributed by atoms with E-state index in [1.54, 1.807) is 12.1 Å². The zero-order chi connectivity index (χ0) is 24.5. The van der Waals surface area contributed by atoms with E-state index in [0.29, 0.717) is 36.4 Å². The van der Waals surface area contributed by atoms with Crippen LogP contribution >= 0.6 is 0 Å². The molecule has 2 N–H and O–H groups in total.